The second-order valence-corrected chi connectivity index (χ2v) is 9.30. The Morgan fingerprint density at radius 3 is 2.48 bits per heavy atom. The van der Waals surface area contributed by atoms with E-state index in [1.165, 1.54) is 23.5 Å². The van der Waals surface area contributed by atoms with E-state index in [1.54, 1.807) is 18.9 Å². The van der Waals surface area contributed by atoms with Gasteiger partial charge in [0.1, 0.15) is 0 Å². The van der Waals surface area contributed by atoms with E-state index in [4.69, 9.17) is 0 Å². The van der Waals surface area contributed by atoms with Crippen molar-refractivity contribution in [1.29, 1.82) is 0 Å². The molecule has 1 N–H and O–H groups in total. The third-order valence-corrected chi connectivity index (χ3v) is 7.43. The first-order valence-corrected chi connectivity index (χ1v) is 11.1. The van der Waals surface area contributed by atoms with Crippen molar-refractivity contribution in [2.45, 2.75) is 24.5 Å². The molecule has 2 aromatic rings. The summed E-state index contributed by atoms with van der Waals surface area (Å²) in [5.41, 5.74) is 3.63. The highest BCUT2D eigenvalue weighted by molar-refractivity contribution is 8.16. The van der Waals surface area contributed by atoms with Gasteiger partial charge in [0.25, 0.3) is 5.91 Å². The zero-order chi connectivity index (χ0) is 19.2. The first kappa shape index (κ1) is 19.8. The van der Waals surface area contributed by atoms with Crippen LogP contribution in [0.4, 0.5) is 5.69 Å². The highest BCUT2D eigenvalue weighted by Crippen LogP contribution is 2.43. The largest absolute Gasteiger partial charge is 0.342 e. The zero-order valence-corrected chi connectivity index (χ0v) is 17.2. The standard InChI is InChI=1S/C21H24N2O2S2/c1-15(24)23(2)14-16-5-3-6-19(13-16)22-20(25)17-7-9-18(10-8-17)21-26-11-4-12-27-21/h3,5-10,13,21H,4,11-12,14H2,1-2H3,(H,22,25). The monoisotopic (exact) mass is 400 g/mol. The fraction of sp³-hybridized carbons (Fsp3) is 0.333. The second kappa shape index (κ2) is 9.33. The molecule has 0 spiro atoms. The molecule has 3 rings (SSSR count). The van der Waals surface area contributed by atoms with Crippen molar-refractivity contribution in [3.63, 3.8) is 0 Å². The van der Waals surface area contributed by atoms with E-state index < -0.39 is 0 Å². The maximum atomic E-state index is 12.6. The molecule has 0 radical (unpaired) electrons. The van der Waals surface area contributed by atoms with Gasteiger partial charge in [-0.15, -0.1) is 23.5 Å². The molecule has 0 atom stereocenters. The van der Waals surface area contributed by atoms with Crippen molar-refractivity contribution in [2.24, 2.45) is 0 Å². The van der Waals surface area contributed by atoms with Crippen LogP contribution in [0.1, 0.15) is 39.4 Å². The molecule has 2 aromatic carbocycles. The third-order valence-electron chi connectivity index (χ3n) is 4.41. The Bertz CT molecular complexity index is 802. The summed E-state index contributed by atoms with van der Waals surface area (Å²) in [6, 6.07) is 15.5. The van der Waals surface area contributed by atoms with Crippen molar-refractivity contribution in [3.05, 3.63) is 65.2 Å². The predicted octanol–water partition coefficient (Wildman–Crippen LogP) is 4.79. The van der Waals surface area contributed by atoms with Crippen molar-refractivity contribution < 1.29 is 9.59 Å². The van der Waals surface area contributed by atoms with Gasteiger partial charge in [0.2, 0.25) is 5.91 Å². The smallest absolute Gasteiger partial charge is 0.255 e. The van der Waals surface area contributed by atoms with Gasteiger partial charge in [-0.25, -0.2) is 0 Å². The number of anilines is 1. The maximum Gasteiger partial charge on any atom is 0.255 e. The summed E-state index contributed by atoms with van der Waals surface area (Å²) < 4.78 is 0.478. The number of rotatable bonds is 5. The fourth-order valence-electron chi connectivity index (χ4n) is 2.81. The molecule has 0 unspecified atom stereocenters. The number of hydrogen-bond acceptors (Lipinski definition) is 4. The molecule has 2 amide bonds. The zero-order valence-electron chi connectivity index (χ0n) is 15.6. The summed E-state index contributed by atoms with van der Waals surface area (Å²) >= 11 is 3.95. The Morgan fingerprint density at radius 2 is 1.81 bits per heavy atom. The predicted molar refractivity (Wildman–Crippen MR) is 115 cm³/mol. The summed E-state index contributed by atoms with van der Waals surface area (Å²) in [4.78, 5) is 25.6. The SMILES string of the molecule is CC(=O)N(C)Cc1cccc(NC(=O)c2ccc(C3SCCCS3)cc2)c1. The first-order valence-electron chi connectivity index (χ1n) is 8.98. The van der Waals surface area contributed by atoms with Crippen LogP contribution in [0.5, 0.6) is 0 Å². The Hall–Kier alpha value is -1.92. The molecule has 0 aromatic heterocycles. The minimum absolute atomic E-state index is 0.0128. The highest BCUT2D eigenvalue weighted by atomic mass is 32.2. The number of nitrogens with one attached hydrogen (secondary N) is 1. The molecule has 27 heavy (non-hydrogen) atoms. The number of carbonyl (C=O) groups excluding carboxylic acids is 2. The normalized spacial score (nSPS) is 14.6. The van der Waals surface area contributed by atoms with E-state index in [1.807, 2.05) is 59.9 Å². The van der Waals surface area contributed by atoms with E-state index >= 15 is 0 Å². The summed E-state index contributed by atoms with van der Waals surface area (Å²) in [7, 11) is 1.76. The van der Waals surface area contributed by atoms with Gasteiger partial charge in [0.05, 0.1) is 4.58 Å². The van der Waals surface area contributed by atoms with Gasteiger partial charge >= 0.3 is 0 Å². The van der Waals surface area contributed by atoms with Gasteiger partial charge < -0.3 is 10.2 Å². The van der Waals surface area contributed by atoms with Crippen molar-refractivity contribution in [1.82, 2.24) is 4.90 Å². The van der Waals surface area contributed by atoms with Crippen LogP contribution in [0.2, 0.25) is 0 Å². The summed E-state index contributed by atoms with van der Waals surface area (Å²) in [6.07, 6.45) is 1.27. The number of carbonyl (C=O) groups is 2. The molecule has 0 saturated carbocycles. The topological polar surface area (TPSA) is 49.4 Å². The van der Waals surface area contributed by atoms with Crippen molar-refractivity contribution >= 4 is 41.0 Å². The van der Waals surface area contributed by atoms with Gasteiger partial charge in [-0.05, 0) is 53.3 Å². The van der Waals surface area contributed by atoms with Gasteiger partial charge in [0, 0.05) is 31.8 Å². The van der Waals surface area contributed by atoms with Crippen LogP contribution in [-0.4, -0.2) is 35.3 Å². The number of hydrogen-bond donors (Lipinski definition) is 1. The van der Waals surface area contributed by atoms with Crippen LogP contribution in [0.25, 0.3) is 0 Å². The fourth-order valence-corrected chi connectivity index (χ4v) is 5.70. The van der Waals surface area contributed by atoms with Gasteiger partial charge in [0.15, 0.2) is 0 Å². The van der Waals surface area contributed by atoms with E-state index in [0.717, 1.165) is 11.3 Å². The van der Waals surface area contributed by atoms with E-state index in [-0.39, 0.29) is 11.8 Å². The van der Waals surface area contributed by atoms with Crippen LogP contribution >= 0.6 is 23.5 Å². The summed E-state index contributed by atoms with van der Waals surface area (Å²) in [6.45, 7) is 2.06. The van der Waals surface area contributed by atoms with Crippen molar-refractivity contribution in [2.75, 3.05) is 23.9 Å². The Balaban J connectivity index is 1.64. The number of nitrogens with zero attached hydrogens (tertiary/aromatic N) is 1. The lowest BCUT2D eigenvalue weighted by Gasteiger charge is -2.21. The van der Waals surface area contributed by atoms with E-state index in [2.05, 4.69) is 17.4 Å². The lowest BCUT2D eigenvalue weighted by Crippen LogP contribution is -2.23. The van der Waals surface area contributed by atoms with E-state index in [0.29, 0.717) is 16.7 Å². The highest BCUT2D eigenvalue weighted by Gasteiger charge is 2.17. The Labute approximate surface area is 169 Å². The average molecular weight is 401 g/mol. The molecule has 1 aliphatic heterocycles. The van der Waals surface area contributed by atoms with Crippen LogP contribution < -0.4 is 5.32 Å². The molecular weight excluding hydrogens is 376 g/mol. The third kappa shape index (κ3) is 5.53. The van der Waals surface area contributed by atoms with Crippen LogP contribution in [0.15, 0.2) is 48.5 Å². The van der Waals surface area contributed by atoms with Crippen LogP contribution in [0, 0.1) is 0 Å². The lowest BCUT2D eigenvalue weighted by atomic mass is 10.1. The second-order valence-electron chi connectivity index (χ2n) is 6.58. The number of amides is 2. The van der Waals surface area contributed by atoms with Gasteiger partial charge in [-0.3, -0.25) is 9.59 Å². The van der Waals surface area contributed by atoms with Gasteiger partial charge in [-0.1, -0.05) is 24.3 Å². The Morgan fingerprint density at radius 1 is 1.11 bits per heavy atom. The number of benzene rings is 2. The minimum atomic E-state index is -0.123. The summed E-state index contributed by atoms with van der Waals surface area (Å²) in [5, 5.41) is 2.95. The quantitative estimate of drug-likeness (QED) is 0.784. The lowest BCUT2D eigenvalue weighted by molar-refractivity contribution is -0.128. The molecule has 1 heterocycles. The van der Waals surface area contributed by atoms with E-state index in [9.17, 15) is 9.59 Å². The molecule has 1 saturated heterocycles. The van der Waals surface area contributed by atoms with Crippen molar-refractivity contribution in [3.8, 4) is 0 Å². The van der Waals surface area contributed by atoms with Gasteiger partial charge in [-0.2, -0.15) is 0 Å². The molecule has 4 nitrogen and oxygen atoms in total. The minimum Gasteiger partial charge on any atom is -0.342 e. The molecule has 1 fully saturated rings. The first-order chi connectivity index (χ1) is 13.0. The molecular formula is C21H24N2O2S2. The Kier molecular flexibility index (Phi) is 6.85. The van der Waals surface area contributed by atoms with Crippen LogP contribution in [-0.2, 0) is 11.3 Å². The number of thioether (sulfide) groups is 2. The van der Waals surface area contributed by atoms with Crippen LogP contribution in [0.3, 0.4) is 0 Å². The molecule has 142 valence electrons. The molecule has 6 heteroatoms. The molecule has 0 aliphatic carbocycles. The summed E-state index contributed by atoms with van der Waals surface area (Å²) in [5.74, 6) is 2.30. The average Bonchev–Trinajstić information content (AvgIpc) is 2.69. The molecule has 1 aliphatic rings. The maximum absolute atomic E-state index is 12.6. The molecule has 0 bridgehead atoms.